The summed E-state index contributed by atoms with van der Waals surface area (Å²) in [5, 5.41) is 9.29. The minimum atomic E-state index is -1.52. The Hall–Kier alpha value is -1.72. The lowest BCUT2D eigenvalue weighted by Gasteiger charge is -2.15. The standard InChI is InChI=1S/C12H15NO4/c1-8(14)11(15)10(13)12(16)17-7-9-5-3-2-4-6-9/h2-6,10-11,15H,7,13H2,1H3/t10-,11?/m0/s1. The van der Waals surface area contributed by atoms with E-state index >= 15 is 0 Å². The van der Waals surface area contributed by atoms with Crippen molar-refractivity contribution in [3.63, 3.8) is 0 Å². The second-order valence-electron chi connectivity index (χ2n) is 3.67. The summed E-state index contributed by atoms with van der Waals surface area (Å²) in [5.41, 5.74) is 6.19. The number of ketones is 1. The number of rotatable bonds is 5. The quantitative estimate of drug-likeness (QED) is 0.704. The number of aliphatic hydroxyl groups excluding tert-OH is 1. The van der Waals surface area contributed by atoms with Crippen LogP contribution in [-0.4, -0.2) is 29.0 Å². The molecule has 5 heteroatoms. The number of nitrogens with two attached hydrogens (primary N) is 1. The SMILES string of the molecule is CC(=O)C(O)[C@H](N)C(=O)OCc1ccccc1. The Morgan fingerprint density at radius 1 is 1.35 bits per heavy atom. The van der Waals surface area contributed by atoms with Crippen molar-refractivity contribution in [2.75, 3.05) is 0 Å². The van der Waals surface area contributed by atoms with Gasteiger partial charge in [0.15, 0.2) is 5.78 Å². The molecule has 0 saturated heterocycles. The summed E-state index contributed by atoms with van der Waals surface area (Å²) in [6, 6.07) is 7.72. The molecule has 1 aromatic rings. The van der Waals surface area contributed by atoms with Gasteiger partial charge in [-0.2, -0.15) is 0 Å². The molecule has 0 spiro atoms. The van der Waals surface area contributed by atoms with Crippen LogP contribution >= 0.6 is 0 Å². The third-order valence-corrected chi connectivity index (χ3v) is 2.25. The topological polar surface area (TPSA) is 89.6 Å². The average molecular weight is 237 g/mol. The molecule has 0 aliphatic heterocycles. The highest BCUT2D eigenvalue weighted by Crippen LogP contribution is 2.03. The molecule has 0 aliphatic carbocycles. The highest BCUT2D eigenvalue weighted by molar-refractivity contribution is 5.88. The number of carbonyl (C=O) groups is 2. The summed E-state index contributed by atoms with van der Waals surface area (Å²) in [5.74, 6) is -1.36. The van der Waals surface area contributed by atoms with Crippen molar-refractivity contribution < 1.29 is 19.4 Å². The Balaban J connectivity index is 2.47. The average Bonchev–Trinajstić information content (AvgIpc) is 2.35. The number of aliphatic hydroxyl groups is 1. The van der Waals surface area contributed by atoms with Gasteiger partial charge >= 0.3 is 5.97 Å². The molecule has 0 fully saturated rings. The monoisotopic (exact) mass is 237 g/mol. The highest BCUT2D eigenvalue weighted by Gasteiger charge is 2.27. The van der Waals surface area contributed by atoms with Gasteiger partial charge in [0, 0.05) is 0 Å². The zero-order chi connectivity index (χ0) is 12.8. The maximum Gasteiger partial charge on any atom is 0.326 e. The third kappa shape index (κ3) is 3.97. The van der Waals surface area contributed by atoms with Crippen molar-refractivity contribution in [3.8, 4) is 0 Å². The van der Waals surface area contributed by atoms with Crippen molar-refractivity contribution in [1.82, 2.24) is 0 Å². The maximum atomic E-state index is 11.4. The van der Waals surface area contributed by atoms with E-state index in [0.717, 1.165) is 12.5 Å². The number of Topliss-reactive ketones (excluding diaryl/α,β-unsaturated/α-hetero) is 1. The van der Waals surface area contributed by atoms with Gasteiger partial charge < -0.3 is 15.6 Å². The molecule has 1 unspecified atom stereocenters. The molecule has 0 aliphatic rings. The molecular formula is C12H15NO4. The van der Waals surface area contributed by atoms with Crippen molar-refractivity contribution in [2.24, 2.45) is 5.73 Å². The lowest BCUT2D eigenvalue weighted by molar-refractivity contribution is -0.151. The first-order valence-electron chi connectivity index (χ1n) is 5.17. The number of hydrogen-bond acceptors (Lipinski definition) is 5. The Morgan fingerprint density at radius 2 is 1.94 bits per heavy atom. The summed E-state index contributed by atoms with van der Waals surface area (Å²) in [6.07, 6.45) is -1.52. The third-order valence-electron chi connectivity index (χ3n) is 2.25. The molecule has 1 rings (SSSR count). The van der Waals surface area contributed by atoms with Crippen LogP contribution in [0, 0.1) is 0 Å². The van der Waals surface area contributed by atoms with Crippen LogP contribution in [0.15, 0.2) is 30.3 Å². The Bertz CT molecular complexity index is 391. The zero-order valence-electron chi connectivity index (χ0n) is 9.50. The van der Waals surface area contributed by atoms with E-state index in [1.54, 1.807) is 12.1 Å². The van der Waals surface area contributed by atoms with Crippen LogP contribution in [0.2, 0.25) is 0 Å². The summed E-state index contributed by atoms with van der Waals surface area (Å²) >= 11 is 0. The van der Waals surface area contributed by atoms with Crippen molar-refractivity contribution in [2.45, 2.75) is 25.7 Å². The summed E-state index contributed by atoms with van der Waals surface area (Å²) in [4.78, 5) is 22.2. The molecule has 0 heterocycles. The molecule has 17 heavy (non-hydrogen) atoms. The van der Waals surface area contributed by atoms with Gasteiger partial charge in [0.2, 0.25) is 0 Å². The number of esters is 1. The molecule has 2 atom stereocenters. The maximum absolute atomic E-state index is 11.4. The van der Waals surface area contributed by atoms with Gasteiger partial charge in [-0.1, -0.05) is 30.3 Å². The number of hydrogen-bond donors (Lipinski definition) is 2. The van der Waals surface area contributed by atoms with Gasteiger partial charge in [-0.15, -0.1) is 0 Å². The van der Waals surface area contributed by atoms with E-state index < -0.39 is 23.9 Å². The molecule has 92 valence electrons. The van der Waals surface area contributed by atoms with Crippen LogP contribution in [0.4, 0.5) is 0 Å². The van der Waals surface area contributed by atoms with Crippen molar-refractivity contribution in [1.29, 1.82) is 0 Å². The minimum Gasteiger partial charge on any atom is -0.460 e. The van der Waals surface area contributed by atoms with Gasteiger partial charge in [0.05, 0.1) is 0 Å². The predicted molar refractivity (Wildman–Crippen MR) is 60.9 cm³/mol. The lowest BCUT2D eigenvalue weighted by Crippen LogP contribution is -2.46. The van der Waals surface area contributed by atoms with E-state index in [9.17, 15) is 14.7 Å². The van der Waals surface area contributed by atoms with Crippen LogP contribution in [0.5, 0.6) is 0 Å². The predicted octanol–water partition coefficient (Wildman–Crippen LogP) is 0.00700. The highest BCUT2D eigenvalue weighted by atomic mass is 16.5. The Kier molecular flexibility index (Phi) is 4.81. The smallest absolute Gasteiger partial charge is 0.326 e. The molecule has 0 saturated carbocycles. The van der Waals surface area contributed by atoms with Gasteiger partial charge in [-0.25, -0.2) is 0 Å². The first-order chi connectivity index (χ1) is 8.02. The zero-order valence-corrected chi connectivity index (χ0v) is 9.50. The van der Waals surface area contributed by atoms with Crippen molar-refractivity contribution >= 4 is 11.8 Å². The van der Waals surface area contributed by atoms with Crippen LogP contribution in [-0.2, 0) is 20.9 Å². The van der Waals surface area contributed by atoms with Crippen molar-refractivity contribution in [3.05, 3.63) is 35.9 Å². The van der Waals surface area contributed by atoms with Crippen LogP contribution < -0.4 is 5.73 Å². The second-order valence-corrected chi connectivity index (χ2v) is 3.67. The Morgan fingerprint density at radius 3 is 2.47 bits per heavy atom. The van der Waals surface area contributed by atoms with Crippen LogP contribution in [0.25, 0.3) is 0 Å². The van der Waals surface area contributed by atoms with E-state index in [1.165, 1.54) is 0 Å². The fraction of sp³-hybridized carbons (Fsp3) is 0.333. The number of ether oxygens (including phenoxy) is 1. The normalized spacial score (nSPS) is 13.8. The molecule has 1 aromatic carbocycles. The van der Waals surface area contributed by atoms with E-state index in [4.69, 9.17) is 10.5 Å². The molecule has 0 radical (unpaired) electrons. The first kappa shape index (κ1) is 13.3. The van der Waals surface area contributed by atoms with E-state index in [1.807, 2.05) is 18.2 Å². The van der Waals surface area contributed by atoms with Gasteiger partial charge in [-0.05, 0) is 12.5 Å². The van der Waals surface area contributed by atoms with Gasteiger partial charge in [0.25, 0.3) is 0 Å². The summed E-state index contributed by atoms with van der Waals surface area (Å²) in [6.45, 7) is 1.23. The molecule has 3 N–H and O–H groups in total. The number of benzene rings is 1. The molecule has 0 bridgehead atoms. The molecule has 0 amide bonds. The van der Waals surface area contributed by atoms with Crippen LogP contribution in [0.3, 0.4) is 0 Å². The minimum absolute atomic E-state index is 0.0675. The first-order valence-corrected chi connectivity index (χ1v) is 5.17. The fourth-order valence-corrected chi connectivity index (χ4v) is 1.21. The molecule has 5 nitrogen and oxygen atoms in total. The largest absolute Gasteiger partial charge is 0.460 e. The van der Waals surface area contributed by atoms with E-state index in [0.29, 0.717) is 0 Å². The summed E-state index contributed by atoms with van der Waals surface area (Å²) in [7, 11) is 0. The van der Waals surface area contributed by atoms with Gasteiger partial charge in [-0.3, -0.25) is 9.59 Å². The van der Waals surface area contributed by atoms with E-state index in [-0.39, 0.29) is 6.61 Å². The number of carbonyl (C=O) groups excluding carboxylic acids is 2. The lowest BCUT2D eigenvalue weighted by atomic mass is 10.1. The van der Waals surface area contributed by atoms with E-state index in [2.05, 4.69) is 0 Å². The van der Waals surface area contributed by atoms with Crippen LogP contribution in [0.1, 0.15) is 12.5 Å². The molecular weight excluding hydrogens is 222 g/mol. The fourth-order valence-electron chi connectivity index (χ4n) is 1.21. The van der Waals surface area contributed by atoms with Gasteiger partial charge in [0.1, 0.15) is 18.8 Å². The Labute approximate surface area is 99.2 Å². The summed E-state index contributed by atoms with van der Waals surface area (Å²) < 4.78 is 4.88. The molecule has 0 aromatic heterocycles. The second kappa shape index (κ2) is 6.12.